The van der Waals surface area contributed by atoms with E-state index in [0.717, 1.165) is 31.2 Å². The largest absolute Gasteiger partial charge is 0.467 e. The molecule has 0 bridgehead atoms. The van der Waals surface area contributed by atoms with E-state index in [9.17, 15) is 14.4 Å². The molecule has 1 rings (SSSR count). The SMILES string of the molecule is CCCCCCCC(=O)NC[C@H](NC(=O)OCc1ccccc1)C(=O)OC. The number of carbonyl (C=O) groups excluding carboxylic acids is 3. The van der Waals surface area contributed by atoms with Crippen LogP contribution in [0, 0.1) is 0 Å². The first-order valence-corrected chi connectivity index (χ1v) is 9.38. The van der Waals surface area contributed by atoms with Gasteiger partial charge in [0.2, 0.25) is 5.91 Å². The fourth-order valence-corrected chi connectivity index (χ4v) is 2.44. The molecule has 2 N–H and O–H groups in total. The first-order chi connectivity index (χ1) is 13.1. The second kappa shape index (κ2) is 13.6. The zero-order valence-electron chi connectivity index (χ0n) is 16.2. The number of hydrogen-bond acceptors (Lipinski definition) is 5. The van der Waals surface area contributed by atoms with Gasteiger partial charge in [-0.25, -0.2) is 9.59 Å². The van der Waals surface area contributed by atoms with Crippen molar-refractivity contribution in [2.75, 3.05) is 13.7 Å². The third-order valence-corrected chi connectivity index (χ3v) is 4.00. The Balaban J connectivity index is 2.36. The molecule has 0 radical (unpaired) electrons. The van der Waals surface area contributed by atoms with Gasteiger partial charge in [0, 0.05) is 13.0 Å². The Morgan fingerprint density at radius 1 is 1.04 bits per heavy atom. The van der Waals surface area contributed by atoms with Gasteiger partial charge in [0.25, 0.3) is 0 Å². The molecule has 7 nitrogen and oxygen atoms in total. The van der Waals surface area contributed by atoms with Crippen LogP contribution >= 0.6 is 0 Å². The molecular weight excluding hydrogens is 348 g/mol. The van der Waals surface area contributed by atoms with Crippen molar-refractivity contribution >= 4 is 18.0 Å². The van der Waals surface area contributed by atoms with Crippen molar-refractivity contribution in [3.63, 3.8) is 0 Å². The van der Waals surface area contributed by atoms with Crippen LogP contribution in [0.3, 0.4) is 0 Å². The molecule has 0 aliphatic heterocycles. The molecule has 0 heterocycles. The number of hydrogen-bond donors (Lipinski definition) is 2. The van der Waals surface area contributed by atoms with Gasteiger partial charge in [-0.2, -0.15) is 0 Å². The lowest BCUT2D eigenvalue weighted by Gasteiger charge is -2.17. The minimum absolute atomic E-state index is 0.0408. The number of carbonyl (C=O) groups is 3. The standard InChI is InChI=1S/C20H30N2O5/c1-3-4-5-6-10-13-18(23)21-14-17(19(24)26-2)22-20(25)27-15-16-11-8-7-9-12-16/h7-9,11-12,17H,3-6,10,13-15H2,1-2H3,(H,21,23)(H,22,25)/t17-/m0/s1. The third kappa shape index (κ3) is 10.2. The number of methoxy groups -OCH3 is 1. The molecule has 0 aromatic heterocycles. The van der Waals surface area contributed by atoms with Crippen LogP contribution < -0.4 is 10.6 Å². The number of benzene rings is 1. The molecule has 1 aromatic rings. The monoisotopic (exact) mass is 378 g/mol. The molecule has 0 spiro atoms. The van der Waals surface area contributed by atoms with Crippen LogP contribution in [0.25, 0.3) is 0 Å². The summed E-state index contributed by atoms with van der Waals surface area (Å²) in [4.78, 5) is 35.6. The van der Waals surface area contributed by atoms with E-state index in [4.69, 9.17) is 4.74 Å². The molecule has 0 saturated heterocycles. The lowest BCUT2D eigenvalue weighted by atomic mass is 10.1. The summed E-state index contributed by atoms with van der Waals surface area (Å²) in [5.41, 5.74) is 0.832. The van der Waals surface area contributed by atoms with Gasteiger partial charge in [-0.05, 0) is 12.0 Å². The number of alkyl carbamates (subject to hydrolysis) is 1. The van der Waals surface area contributed by atoms with Crippen molar-refractivity contribution in [1.29, 1.82) is 0 Å². The Kier molecular flexibility index (Phi) is 11.3. The van der Waals surface area contributed by atoms with Crippen LogP contribution in [-0.2, 0) is 25.7 Å². The summed E-state index contributed by atoms with van der Waals surface area (Å²) in [6.45, 7) is 2.18. The Morgan fingerprint density at radius 2 is 1.74 bits per heavy atom. The quantitative estimate of drug-likeness (QED) is 0.431. The predicted octanol–water partition coefficient (Wildman–Crippen LogP) is 2.93. The van der Waals surface area contributed by atoms with Gasteiger partial charge < -0.3 is 20.1 Å². The van der Waals surface area contributed by atoms with Crippen molar-refractivity contribution < 1.29 is 23.9 Å². The fraction of sp³-hybridized carbons (Fsp3) is 0.550. The summed E-state index contributed by atoms with van der Waals surface area (Å²) in [5, 5.41) is 5.08. The Hall–Kier alpha value is -2.57. The zero-order valence-corrected chi connectivity index (χ0v) is 16.2. The van der Waals surface area contributed by atoms with Crippen molar-refractivity contribution in [3.8, 4) is 0 Å². The number of rotatable bonds is 12. The van der Waals surface area contributed by atoms with Gasteiger partial charge in [0.1, 0.15) is 12.6 Å². The van der Waals surface area contributed by atoms with Gasteiger partial charge >= 0.3 is 12.1 Å². The van der Waals surface area contributed by atoms with Crippen LogP contribution in [0.15, 0.2) is 30.3 Å². The highest BCUT2D eigenvalue weighted by atomic mass is 16.6. The molecule has 0 aliphatic rings. The molecule has 2 amide bonds. The fourth-order valence-electron chi connectivity index (χ4n) is 2.44. The smallest absolute Gasteiger partial charge is 0.408 e. The minimum Gasteiger partial charge on any atom is -0.467 e. The van der Waals surface area contributed by atoms with E-state index in [2.05, 4.69) is 22.3 Å². The minimum atomic E-state index is -0.998. The highest BCUT2D eigenvalue weighted by molar-refractivity contribution is 5.83. The molecule has 150 valence electrons. The first-order valence-electron chi connectivity index (χ1n) is 9.38. The highest BCUT2D eigenvalue weighted by Gasteiger charge is 2.22. The Bertz CT molecular complexity index is 577. The molecular formula is C20H30N2O5. The maximum atomic E-state index is 11.9. The summed E-state index contributed by atoms with van der Waals surface area (Å²) in [5.74, 6) is -0.797. The zero-order chi connectivity index (χ0) is 19.9. The molecule has 0 aliphatic carbocycles. The Labute approximate surface area is 160 Å². The number of ether oxygens (including phenoxy) is 2. The molecule has 27 heavy (non-hydrogen) atoms. The van der Waals surface area contributed by atoms with Gasteiger partial charge in [-0.15, -0.1) is 0 Å². The van der Waals surface area contributed by atoms with E-state index in [1.807, 2.05) is 30.3 Å². The van der Waals surface area contributed by atoms with E-state index in [0.29, 0.717) is 6.42 Å². The molecule has 7 heteroatoms. The van der Waals surface area contributed by atoms with Crippen molar-refractivity contribution in [2.45, 2.75) is 58.1 Å². The second-order valence-corrected chi connectivity index (χ2v) is 6.25. The molecule has 0 unspecified atom stereocenters. The average molecular weight is 378 g/mol. The highest BCUT2D eigenvalue weighted by Crippen LogP contribution is 2.05. The van der Waals surface area contributed by atoms with Crippen molar-refractivity contribution in [3.05, 3.63) is 35.9 Å². The van der Waals surface area contributed by atoms with Crippen molar-refractivity contribution in [2.24, 2.45) is 0 Å². The average Bonchev–Trinajstić information content (AvgIpc) is 2.69. The third-order valence-electron chi connectivity index (χ3n) is 4.00. The molecule has 1 aromatic carbocycles. The topological polar surface area (TPSA) is 93.7 Å². The van der Waals surface area contributed by atoms with Crippen molar-refractivity contribution in [1.82, 2.24) is 10.6 Å². The first kappa shape index (κ1) is 22.5. The maximum Gasteiger partial charge on any atom is 0.408 e. The number of amides is 2. The maximum absolute atomic E-state index is 11.9. The number of unbranched alkanes of at least 4 members (excludes halogenated alkanes) is 4. The second-order valence-electron chi connectivity index (χ2n) is 6.25. The predicted molar refractivity (Wildman–Crippen MR) is 102 cm³/mol. The van der Waals surface area contributed by atoms with Gasteiger partial charge in [-0.3, -0.25) is 4.79 Å². The van der Waals surface area contributed by atoms with Gasteiger partial charge in [0.05, 0.1) is 7.11 Å². The van der Waals surface area contributed by atoms with E-state index >= 15 is 0 Å². The van der Waals surface area contributed by atoms with E-state index in [-0.39, 0.29) is 19.1 Å². The normalized spacial score (nSPS) is 11.3. The lowest BCUT2D eigenvalue weighted by Crippen LogP contribution is -2.49. The van der Waals surface area contributed by atoms with E-state index in [1.54, 1.807) is 0 Å². The van der Waals surface area contributed by atoms with Crippen LogP contribution in [0.1, 0.15) is 51.0 Å². The lowest BCUT2D eigenvalue weighted by molar-refractivity contribution is -0.143. The molecule has 0 fully saturated rings. The number of nitrogens with one attached hydrogen (secondary N) is 2. The summed E-state index contributed by atoms with van der Waals surface area (Å²) >= 11 is 0. The number of esters is 1. The van der Waals surface area contributed by atoms with Gasteiger partial charge in [-0.1, -0.05) is 62.9 Å². The van der Waals surface area contributed by atoms with E-state index in [1.165, 1.54) is 13.5 Å². The summed E-state index contributed by atoms with van der Waals surface area (Å²) in [6, 6.07) is 8.19. The van der Waals surface area contributed by atoms with E-state index < -0.39 is 18.1 Å². The van der Waals surface area contributed by atoms with Gasteiger partial charge in [0.15, 0.2) is 0 Å². The Morgan fingerprint density at radius 3 is 2.41 bits per heavy atom. The molecule has 1 atom stereocenters. The molecule has 0 saturated carbocycles. The summed E-state index contributed by atoms with van der Waals surface area (Å²) in [6.07, 6.45) is 4.90. The van der Waals surface area contributed by atoms with Crippen LogP contribution in [0.4, 0.5) is 4.79 Å². The van der Waals surface area contributed by atoms with Crippen LogP contribution in [0.5, 0.6) is 0 Å². The summed E-state index contributed by atoms with van der Waals surface area (Å²) in [7, 11) is 1.22. The van der Waals surface area contributed by atoms with Crippen LogP contribution in [0.2, 0.25) is 0 Å². The van der Waals surface area contributed by atoms with Crippen LogP contribution in [-0.4, -0.2) is 37.7 Å². The summed E-state index contributed by atoms with van der Waals surface area (Å²) < 4.78 is 9.77.